The minimum atomic E-state index is -1.35. The standard InChI is InChI=1S/C21H23F3IN3O4/c1-21(2,3)32-20(30)28(4)9-10-31-27-19(29)13-6-7-14(22)17(24)18(13)26-16-8-5-12(25)11-15(16)23/h5-8,11,26H,9-10H2,1-4H3,(H,27,29). The fraction of sp³-hybridized carbons (Fsp3) is 0.333. The molecule has 0 unspecified atom stereocenters. The van der Waals surface area contributed by atoms with Crippen molar-refractivity contribution in [1.29, 1.82) is 0 Å². The second-order valence-electron chi connectivity index (χ2n) is 7.71. The van der Waals surface area contributed by atoms with Gasteiger partial charge < -0.3 is 15.0 Å². The second kappa shape index (κ2) is 10.9. The molecule has 2 aromatic carbocycles. The van der Waals surface area contributed by atoms with Crippen LogP contribution in [0.4, 0.5) is 29.3 Å². The Bertz CT molecular complexity index is 999. The number of anilines is 2. The topological polar surface area (TPSA) is 79.9 Å². The highest BCUT2D eigenvalue weighted by molar-refractivity contribution is 14.1. The molecule has 0 aliphatic carbocycles. The lowest BCUT2D eigenvalue weighted by Crippen LogP contribution is -2.37. The van der Waals surface area contributed by atoms with Crippen molar-refractivity contribution in [3.63, 3.8) is 0 Å². The Kier molecular flexibility index (Phi) is 8.73. The van der Waals surface area contributed by atoms with Gasteiger partial charge in [0.2, 0.25) is 0 Å². The molecule has 0 aliphatic heterocycles. The highest BCUT2D eigenvalue weighted by Gasteiger charge is 2.21. The molecular weight excluding hydrogens is 542 g/mol. The zero-order valence-electron chi connectivity index (χ0n) is 17.9. The molecule has 2 rings (SSSR count). The fourth-order valence-corrected chi connectivity index (χ4v) is 2.83. The van der Waals surface area contributed by atoms with Crippen LogP contribution in [-0.2, 0) is 9.57 Å². The maximum Gasteiger partial charge on any atom is 0.410 e. The summed E-state index contributed by atoms with van der Waals surface area (Å²) in [5.74, 6) is -4.15. The number of carbonyl (C=O) groups is 2. The molecule has 2 aromatic rings. The van der Waals surface area contributed by atoms with Crippen LogP contribution in [0.3, 0.4) is 0 Å². The van der Waals surface area contributed by atoms with Crippen LogP contribution in [0.2, 0.25) is 0 Å². The van der Waals surface area contributed by atoms with E-state index >= 15 is 0 Å². The molecule has 11 heteroatoms. The number of rotatable bonds is 7. The van der Waals surface area contributed by atoms with E-state index in [0.717, 1.165) is 12.1 Å². The lowest BCUT2D eigenvalue weighted by Gasteiger charge is -2.24. The van der Waals surface area contributed by atoms with E-state index in [1.54, 1.807) is 26.8 Å². The summed E-state index contributed by atoms with van der Waals surface area (Å²) in [5.41, 5.74) is 0.454. The van der Waals surface area contributed by atoms with Crippen LogP contribution < -0.4 is 10.8 Å². The van der Waals surface area contributed by atoms with E-state index in [9.17, 15) is 22.8 Å². The number of halogens is 4. The van der Waals surface area contributed by atoms with Crippen molar-refractivity contribution in [1.82, 2.24) is 10.4 Å². The molecule has 0 heterocycles. The first-order chi connectivity index (χ1) is 14.9. The third-order valence-electron chi connectivity index (χ3n) is 3.93. The van der Waals surface area contributed by atoms with Crippen LogP contribution in [0.15, 0.2) is 30.3 Å². The minimum absolute atomic E-state index is 0.0892. The lowest BCUT2D eigenvalue weighted by molar-refractivity contribution is 0.00886. The number of nitrogens with one attached hydrogen (secondary N) is 2. The molecule has 0 fully saturated rings. The number of carbonyl (C=O) groups excluding carboxylic acids is 2. The van der Waals surface area contributed by atoms with Crippen molar-refractivity contribution in [2.75, 3.05) is 25.5 Å². The van der Waals surface area contributed by atoms with Crippen LogP contribution >= 0.6 is 22.6 Å². The Balaban J connectivity index is 2.04. The van der Waals surface area contributed by atoms with Gasteiger partial charge in [0, 0.05) is 17.2 Å². The maximum absolute atomic E-state index is 14.4. The summed E-state index contributed by atoms with van der Waals surface area (Å²) in [6.45, 7) is 5.17. The number of hydrogen-bond donors (Lipinski definition) is 2. The number of ether oxygens (including phenoxy) is 1. The predicted octanol–water partition coefficient (Wildman–Crippen LogP) is 4.98. The van der Waals surface area contributed by atoms with Gasteiger partial charge in [-0.1, -0.05) is 0 Å². The Morgan fingerprint density at radius 2 is 1.78 bits per heavy atom. The van der Waals surface area contributed by atoms with Crippen molar-refractivity contribution in [3.8, 4) is 0 Å². The first-order valence-corrected chi connectivity index (χ1v) is 10.5. The smallest absolute Gasteiger partial charge is 0.410 e. The second-order valence-corrected chi connectivity index (χ2v) is 8.96. The van der Waals surface area contributed by atoms with Gasteiger partial charge in [-0.15, -0.1) is 0 Å². The molecule has 7 nitrogen and oxygen atoms in total. The largest absolute Gasteiger partial charge is 0.444 e. The van der Waals surface area contributed by atoms with Crippen LogP contribution in [-0.4, -0.2) is 42.7 Å². The molecule has 174 valence electrons. The van der Waals surface area contributed by atoms with Gasteiger partial charge in [0.1, 0.15) is 11.4 Å². The summed E-state index contributed by atoms with van der Waals surface area (Å²) >= 11 is 1.90. The number of amides is 2. The van der Waals surface area contributed by atoms with Gasteiger partial charge in [0.15, 0.2) is 11.6 Å². The fourth-order valence-electron chi connectivity index (χ4n) is 2.37. The van der Waals surface area contributed by atoms with Crippen molar-refractivity contribution in [3.05, 3.63) is 56.9 Å². The molecule has 0 saturated carbocycles. The Hall–Kier alpha value is -2.54. The van der Waals surface area contributed by atoms with E-state index in [2.05, 4.69) is 10.8 Å². The molecule has 0 aromatic heterocycles. The SMILES string of the molecule is CN(CCONC(=O)c1ccc(F)c(F)c1Nc1ccc(I)cc1F)C(=O)OC(C)(C)C. The summed E-state index contributed by atoms with van der Waals surface area (Å²) in [7, 11) is 1.49. The first kappa shape index (κ1) is 25.7. The Morgan fingerprint density at radius 3 is 2.41 bits per heavy atom. The van der Waals surface area contributed by atoms with Crippen molar-refractivity contribution in [2.45, 2.75) is 26.4 Å². The molecule has 0 aliphatic rings. The zero-order valence-corrected chi connectivity index (χ0v) is 20.1. The van der Waals surface area contributed by atoms with E-state index in [4.69, 9.17) is 9.57 Å². The van der Waals surface area contributed by atoms with Crippen LogP contribution in [0.1, 0.15) is 31.1 Å². The van der Waals surface area contributed by atoms with E-state index in [0.29, 0.717) is 3.57 Å². The Labute approximate surface area is 197 Å². The molecule has 0 atom stereocenters. The quantitative estimate of drug-likeness (QED) is 0.282. The van der Waals surface area contributed by atoms with Crippen molar-refractivity contribution in [2.24, 2.45) is 0 Å². The highest BCUT2D eigenvalue weighted by atomic mass is 127. The molecule has 2 amide bonds. The average Bonchev–Trinajstić information content (AvgIpc) is 2.69. The summed E-state index contributed by atoms with van der Waals surface area (Å²) in [6, 6.07) is 5.91. The zero-order chi connectivity index (χ0) is 24.1. The molecule has 0 saturated heterocycles. The minimum Gasteiger partial charge on any atom is -0.444 e. The molecule has 32 heavy (non-hydrogen) atoms. The number of benzene rings is 2. The van der Waals surface area contributed by atoms with E-state index in [-0.39, 0.29) is 24.4 Å². The first-order valence-electron chi connectivity index (χ1n) is 9.45. The lowest BCUT2D eigenvalue weighted by atomic mass is 10.1. The number of hydrogen-bond acceptors (Lipinski definition) is 5. The normalized spacial score (nSPS) is 11.1. The molecule has 2 N–H and O–H groups in total. The monoisotopic (exact) mass is 565 g/mol. The van der Waals surface area contributed by atoms with Gasteiger partial charge in [0.05, 0.1) is 23.5 Å². The van der Waals surface area contributed by atoms with Gasteiger partial charge in [-0.2, -0.15) is 0 Å². The van der Waals surface area contributed by atoms with E-state index < -0.39 is 40.7 Å². The summed E-state index contributed by atoms with van der Waals surface area (Å²) in [5, 5.41) is 2.42. The number of hydroxylamine groups is 1. The van der Waals surface area contributed by atoms with Gasteiger partial charge in [0.25, 0.3) is 5.91 Å². The van der Waals surface area contributed by atoms with Crippen LogP contribution in [0, 0.1) is 21.0 Å². The summed E-state index contributed by atoms with van der Waals surface area (Å²) in [6.07, 6.45) is -0.570. The van der Waals surface area contributed by atoms with Crippen molar-refractivity contribution < 1.29 is 32.3 Å². The van der Waals surface area contributed by atoms with Gasteiger partial charge in [-0.25, -0.2) is 23.4 Å². The maximum atomic E-state index is 14.4. The summed E-state index contributed by atoms with van der Waals surface area (Å²) < 4.78 is 48.1. The molecule has 0 spiro atoms. The number of nitrogens with zero attached hydrogens (tertiary/aromatic N) is 1. The van der Waals surface area contributed by atoms with Crippen molar-refractivity contribution >= 4 is 46.0 Å². The third kappa shape index (κ3) is 7.26. The van der Waals surface area contributed by atoms with Crippen LogP contribution in [0.25, 0.3) is 0 Å². The van der Waals surface area contributed by atoms with Gasteiger partial charge in [-0.05, 0) is 73.7 Å². The molecule has 0 bridgehead atoms. The molecule has 0 radical (unpaired) electrons. The summed E-state index contributed by atoms with van der Waals surface area (Å²) in [4.78, 5) is 30.6. The predicted molar refractivity (Wildman–Crippen MR) is 121 cm³/mol. The number of likely N-dealkylation sites (N-methyl/N-ethyl adjacent to an activating group) is 1. The van der Waals surface area contributed by atoms with Gasteiger partial charge in [-0.3, -0.25) is 9.63 Å². The van der Waals surface area contributed by atoms with Crippen LogP contribution in [0.5, 0.6) is 0 Å². The van der Waals surface area contributed by atoms with E-state index in [1.807, 2.05) is 22.6 Å². The Morgan fingerprint density at radius 1 is 1.09 bits per heavy atom. The highest BCUT2D eigenvalue weighted by Crippen LogP contribution is 2.28. The van der Waals surface area contributed by atoms with Gasteiger partial charge >= 0.3 is 6.09 Å². The van der Waals surface area contributed by atoms with E-state index in [1.165, 1.54) is 24.1 Å². The average molecular weight is 565 g/mol. The molecular formula is C21H23F3IN3O4. The third-order valence-corrected chi connectivity index (χ3v) is 4.60.